The van der Waals surface area contributed by atoms with E-state index < -0.39 is 0 Å². The molecule has 1 nitrogen and oxygen atoms in total. The molecule has 0 N–H and O–H groups in total. The number of ether oxygens (including phenoxy) is 1. The quantitative estimate of drug-likeness (QED) is 0.711. The second-order valence-corrected chi connectivity index (χ2v) is 6.96. The van der Waals surface area contributed by atoms with Crippen LogP contribution in [-0.2, 0) is 5.41 Å². The maximum absolute atomic E-state index is 6.57. The summed E-state index contributed by atoms with van der Waals surface area (Å²) >= 11 is 6.57. The standard InChI is InChI=1S/C16H21ClO/c1-16(2)10-18-15-7-6-12(9-13(15)16)14(17)8-11-4-3-5-11/h6-7,9,11,14H,3-5,8,10H2,1-2H3. The molecule has 1 aliphatic carbocycles. The monoisotopic (exact) mass is 264 g/mol. The van der Waals surface area contributed by atoms with E-state index >= 15 is 0 Å². The van der Waals surface area contributed by atoms with Crippen LogP contribution in [0.5, 0.6) is 5.75 Å². The van der Waals surface area contributed by atoms with Crippen LogP contribution < -0.4 is 4.74 Å². The highest BCUT2D eigenvalue weighted by Gasteiger charge is 2.32. The molecule has 1 heterocycles. The van der Waals surface area contributed by atoms with Gasteiger partial charge in [0.05, 0.1) is 12.0 Å². The van der Waals surface area contributed by atoms with Crippen molar-refractivity contribution in [2.24, 2.45) is 5.92 Å². The molecule has 2 heteroatoms. The number of hydrogen-bond donors (Lipinski definition) is 0. The lowest BCUT2D eigenvalue weighted by Gasteiger charge is -2.27. The molecular formula is C16H21ClO. The number of alkyl halides is 1. The predicted molar refractivity (Wildman–Crippen MR) is 75.5 cm³/mol. The average molecular weight is 265 g/mol. The van der Waals surface area contributed by atoms with Gasteiger partial charge in [-0.1, -0.05) is 39.2 Å². The normalized spacial score (nSPS) is 23.1. The van der Waals surface area contributed by atoms with Gasteiger partial charge in [0.25, 0.3) is 0 Å². The summed E-state index contributed by atoms with van der Waals surface area (Å²) in [5.74, 6) is 1.89. The first-order valence-electron chi connectivity index (χ1n) is 6.97. The van der Waals surface area contributed by atoms with Crippen molar-refractivity contribution in [1.29, 1.82) is 0 Å². The van der Waals surface area contributed by atoms with Crippen LogP contribution in [0.4, 0.5) is 0 Å². The van der Waals surface area contributed by atoms with Crippen LogP contribution in [0.25, 0.3) is 0 Å². The minimum atomic E-state index is 0.123. The molecule has 0 spiro atoms. The summed E-state index contributed by atoms with van der Waals surface area (Å²) in [4.78, 5) is 0. The fourth-order valence-electron chi connectivity index (χ4n) is 2.89. The Morgan fingerprint density at radius 3 is 2.83 bits per heavy atom. The summed E-state index contributed by atoms with van der Waals surface area (Å²) in [5.41, 5.74) is 2.71. The van der Waals surface area contributed by atoms with Crippen LogP contribution in [-0.4, -0.2) is 6.61 Å². The van der Waals surface area contributed by atoms with Gasteiger partial charge in [0, 0.05) is 11.0 Å². The number of benzene rings is 1. The van der Waals surface area contributed by atoms with E-state index in [9.17, 15) is 0 Å². The van der Waals surface area contributed by atoms with Gasteiger partial charge in [-0.25, -0.2) is 0 Å². The second kappa shape index (κ2) is 4.45. The summed E-state index contributed by atoms with van der Waals surface area (Å²) in [6.45, 7) is 5.25. The van der Waals surface area contributed by atoms with Crippen molar-refractivity contribution in [3.05, 3.63) is 29.3 Å². The molecule has 98 valence electrons. The molecule has 0 saturated heterocycles. The van der Waals surface area contributed by atoms with Crippen molar-refractivity contribution in [3.63, 3.8) is 0 Å². The molecule has 2 aliphatic rings. The molecule has 1 fully saturated rings. The Bertz CT molecular complexity index is 448. The van der Waals surface area contributed by atoms with Crippen LogP contribution in [0.2, 0.25) is 0 Å². The average Bonchev–Trinajstić information content (AvgIpc) is 2.59. The predicted octanol–water partition coefficient (Wildman–Crippen LogP) is 4.83. The number of halogens is 1. The zero-order chi connectivity index (χ0) is 12.8. The van der Waals surface area contributed by atoms with Gasteiger partial charge in [-0.05, 0) is 30.0 Å². The Morgan fingerprint density at radius 1 is 1.39 bits per heavy atom. The topological polar surface area (TPSA) is 9.23 Å². The highest BCUT2D eigenvalue weighted by molar-refractivity contribution is 6.20. The largest absolute Gasteiger partial charge is 0.492 e. The minimum Gasteiger partial charge on any atom is -0.492 e. The smallest absolute Gasteiger partial charge is 0.123 e. The van der Waals surface area contributed by atoms with Gasteiger partial charge >= 0.3 is 0 Å². The fourth-order valence-corrected chi connectivity index (χ4v) is 3.28. The maximum atomic E-state index is 6.57. The highest BCUT2D eigenvalue weighted by Crippen LogP contribution is 2.42. The first-order chi connectivity index (χ1) is 8.56. The molecule has 0 radical (unpaired) electrons. The molecule has 0 amide bonds. The SMILES string of the molecule is CC1(C)COc2ccc(C(Cl)CC3CCC3)cc21. The lowest BCUT2D eigenvalue weighted by Crippen LogP contribution is -2.18. The van der Waals surface area contributed by atoms with Crippen LogP contribution >= 0.6 is 11.6 Å². The second-order valence-electron chi connectivity index (χ2n) is 6.43. The van der Waals surface area contributed by atoms with E-state index in [4.69, 9.17) is 16.3 Å². The number of hydrogen-bond acceptors (Lipinski definition) is 1. The third-order valence-electron chi connectivity index (χ3n) is 4.45. The molecule has 1 aromatic rings. The molecular weight excluding hydrogens is 244 g/mol. The van der Waals surface area contributed by atoms with Crippen molar-refractivity contribution in [3.8, 4) is 5.75 Å². The first-order valence-corrected chi connectivity index (χ1v) is 7.41. The number of fused-ring (bicyclic) bond motifs is 1. The van der Waals surface area contributed by atoms with Crippen molar-refractivity contribution in [2.75, 3.05) is 6.61 Å². The highest BCUT2D eigenvalue weighted by atomic mass is 35.5. The van der Waals surface area contributed by atoms with Gasteiger partial charge in [-0.15, -0.1) is 11.6 Å². The molecule has 1 saturated carbocycles. The first kappa shape index (κ1) is 12.3. The third-order valence-corrected chi connectivity index (χ3v) is 4.88. The van der Waals surface area contributed by atoms with E-state index in [1.54, 1.807) is 0 Å². The summed E-state index contributed by atoms with van der Waals surface area (Å²) in [5, 5.41) is 0.164. The van der Waals surface area contributed by atoms with Crippen molar-refractivity contribution in [2.45, 2.75) is 50.3 Å². The molecule has 0 aromatic heterocycles. The van der Waals surface area contributed by atoms with Crippen LogP contribution in [0.1, 0.15) is 56.0 Å². The van der Waals surface area contributed by atoms with Crippen LogP contribution in [0, 0.1) is 5.92 Å². The molecule has 0 bridgehead atoms. The maximum Gasteiger partial charge on any atom is 0.123 e. The van der Waals surface area contributed by atoms with E-state index in [2.05, 4.69) is 32.0 Å². The minimum absolute atomic E-state index is 0.123. The lowest BCUT2D eigenvalue weighted by molar-refractivity contribution is 0.291. The van der Waals surface area contributed by atoms with E-state index in [0.29, 0.717) is 0 Å². The Kier molecular flexibility index (Phi) is 3.05. The fraction of sp³-hybridized carbons (Fsp3) is 0.625. The zero-order valence-electron chi connectivity index (χ0n) is 11.2. The van der Waals surface area contributed by atoms with E-state index in [1.165, 1.54) is 30.4 Å². The van der Waals surface area contributed by atoms with E-state index in [-0.39, 0.29) is 10.8 Å². The van der Waals surface area contributed by atoms with Gasteiger partial charge in [0.2, 0.25) is 0 Å². The Balaban J connectivity index is 1.81. The van der Waals surface area contributed by atoms with Gasteiger partial charge in [0.1, 0.15) is 5.75 Å². The Morgan fingerprint density at radius 2 is 2.17 bits per heavy atom. The third kappa shape index (κ3) is 2.14. The number of rotatable bonds is 3. The molecule has 1 aliphatic heterocycles. The van der Waals surface area contributed by atoms with Crippen LogP contribution in [0.3, 0.4) is 0 Å². The van der Waals surface area contributed by atoms with E-state index in [0.717, 1.165) is 24.7 Å². The van der Waals surface area contributed by atoms with Gasteiger partial charge in [-0.3, -0.25) is 0 Å². The summed E-state index contributed by atoms with van der Waals surface area (Å²) < 4.78 is 5.72. The molecule has 18 heavy (non-hydrogen) atoms. The van der Waals surface area contributed by atoms with Crippen molar-refractivity contribution in [1.82, 2.24) is 0 Å². The summed E-state index contributed by atoms with van der Waals surface area (Å²) in [6.07, 6.45) is 5.24. The van der Waals surface area contributed by atoms with Crippen molar-refractivity contribution < 1.29 is 4.74 Å². The molecule has 1 aromatic carbocycles. The van der Waals surface area contributed by atoms with Crippen molar-refractivity contribution >= 4 is 11.6 Å². The molecule has 1 atom stereocenters. The van der Waals surface area contributed by atoms with E-state index in [1.807, 2.05) is 0 Å². The summed E-state index contributed by atoms with van der Waals surface area (Å²) in [6, 6.07) is 6.49. The molecule has 1 unspecified atom stereocenters. The van der Waals surface area contributed by atoms with Gasteiger partial charge < -0.3 is 4.74 Å². The Hall–Kier alpha value is -0.690. The van der Waals surface area contributed by atoms with Crippen LogP contribution in [0.15, 0.2) is 18.2 Å². The van der Waals surface area contributed by atoms with Gasteiger partial charge in [0.15, 0.2) is 0 Å². The summed E-state index contributed by atoms with van der Waals surface area (Å²) in [7, 11) is 0. The zero-order valence-corrected chi connectivity index (χ0v) is 12.0. The Labute approximate surface area is 114 Å². The molecule has 3 rings (SSSR count). The lowest BCUT2D eigenvalue weighted by atomic mass is 9.80. The van der Waals surface area contributed by atoms with Gasteiger partial charge in [-0.2, -0.15) is 0 Å².